The lowest BCUT2D eigenvalue weighted by atomic mass is 9.46. The molecule has 2 heteroatoms. The minimum absolute atomic E-state index is 0.0523. The number of Topliss-reactive ketones (excluding diaryl/α,β-unsaturated/α-hetero) is 1. The van der Waals surface area contributed by atoms with Gasteiger partial charge in [0.1, 0.15) is 5.78 Å². The Morgan fingerprint density at radius 3 is 2.67 bits per heavy atom. The maximum absolute atomic E-state index is 12.4. The molecule has 8 atom stereocenters. The molecule has 0 aliphatic heterocycles. The molecule has 5 fully saturated rings. The van der Waals surface area contributed by atoms with E-state index in [1.165, 1.54) is 25.7 Å². The van der Waals surface area contributed by atoms with Crippen molar-refractivity contribution in [1.82, 2.24) is 0 Å². The first-order valence-electron chi connectivity index (χ1n) is 9.15. The molecule has 0 bridgehead atoms. The fraction of sp³-hybridized carbons (Fsp3) is 0.947. The summed E-state index contributed by atoms with van der Waals surface area (Å²) in [6, 6.07) is 0. The second kappa shape index (κ2) is 3.58. The molecule has 1 N–H and O–H groups in total. The van der Waals surface area contributed by atoms with Crippen LogP contribution < -0.4 is 0 Å². The molecule has 0 amide bonds. The number of rotatable bonds is 0. The molecule has 0 unspecified atom stereocenters. The smallest absolute Gasteiger partial charge is 0.139 e. The average molecular weight is 288 g/mol. The fourth-order valence-corrected chi connectivity index (χ4v) is 8.08. The highest BCUT2D eigenvalue weighted by Crippen LogP contribution is 2.81. The molecule has 0 aromatic heterocycles. The lowest BCUT2D eigenvalue weighted by molar-refractivity contribution is -0.154. The van der Waals surface area contributed by atoms with E-state index in [0.29, 0.717) is 23.0 Å². The van der Waals surface area contributed by atoms with Crippen molar-refractivity contribution in [2.24, 2.45) is 39.9 Å². The fourth-order valence-electron chi connectivity index (χ4n) is 8.08. The first-order chi connectivity index (χ1) is 9.93. The number of aliphatic hydroxyl groups is 1. The first-order valence-corrected chi connectivity index (χ1v) is 9.15. The monoisotopic (exact) mass is 288 g/mol. The van der Waals surface area contributed by atoms with E-state index in [0.717, 1.165) is 37.5 Å². The molecule has 0 saturated heterocycles. The third kappa shape index (κ3) is 1.22. The Morgan fingerprint density at radius 2 is 1.90 bits per heavy atom. The largest absolute Gasteiger partial charge is 0.393 e. The van der Waals surface area contributed by atoms with Crippen molar-refractivity contribution in [3.8, 4) is 0 Å². The van der Waals surface area contributed by atoms with Crippen molar-refractivity contribution in [1.29, 1.82) is 0 Å². The zero-order valence-corrected chi connectivity index (χ0v) is 13.4. The molecule has 1 spiro atoms. The number of aliphatic hydroxyl groups excluding tert-OH is 1. The van der Waals surface area contributed by atoms with E-state index in [1.807, 2.05) is 0 Å². The molecule has 5 saturated carbocycles. The number of ketones is 1. The van der Waals surface area contributed by atoms with Gasteiger partial charge in [0.05, 0.1) is 6.10 Å². The van der Waals surface area contributed by atoms with E-state index < -0.39 is 0 Å². The van der Waals surface area contributed by atoms with Gasteiger partial charge in [-0.05, 0) is 74.0 Å². The van der Waals surface area contributed by atoms with Gasteiger partial charge in [0.15, 0.2) is 0 Å². The molecular weight excluding hydrogens is 260 g/mol. The lowest BCUT2D eigenvalue weighted by Crippen LogP contribution is -2.56. The third-order valence-electron chi connectivity index (χ3n) is 9.28. The summed E-state index contributed by atoms with van der Waals surface area (Å²) in [6.07, 6.45) is 9.10. The van der Waals surface area contributed by atoms with Crippen molar-refractivity contribution in [3.05, 3.63) is 0 Å². The van der Waals surface area contributed by atoms with Gasteiger partial charge in [0.2, 0.25) is 0 Å². The summed E-state index contributed by atoms with van der Waals surface area (Å²) in [4.78, 5) is 12.4. The van der Waals surface area contributed by atoms with Gasteiger partial charge < -0.3 is 5.11 Å². The molecule has 116 valence electrons. The van der Waals surface area contributed by atoms with E-state index in [9.17, 15) is 9.90 Å². The summed E-state index contributed by atoms with van der Waals surface area (Å²) >= 11 is 0. The highest BCUT2D eigenvalue weighted by molar-refractivity contribution is 5.87. The summed E-state index contributed by atoms with van der Waals surface area (Å²) in [6.45, 7) is 4.73. The maximum Gasteiger partial charge on any atom is 0.139 e. The summed E-state index contributed by atoms with van der Waals surface area (Å²) in [5.41, 5.74) is 0.598. The molecule has 21 heavy (non-hydrogen) atoms. The van der Waals surface area contributed by atoms with Crippen LogP contribution in [0.4, 0.5) is 0 Å². The highest BCUT2D eigenvalue weighted by atomic mass is 16.3. The zero-order valence-electron chi connectivity index (χ0n) is 13.4. The van der Waals surface area contributed by atoms with Crippen molar-refractivity contribution >= 4 is 5.78 Å². The Hall–Kier alpha value is -0.370. The molecule has 0 heterocycles. The van der Waals surface area contributed by atoms with E-state index in [2.05, 4.69) is 13.8 Å². The van der Waals surface area contributed by atoms with Crippen LogP contribution in [-0.2, 0) is 4.79 Å². The van der Waals surface area contributed by atoms with E-state index in [4.69, 9.17) is 0 Å². The molecule has 5 aliphatic carbocycles. The quantitative estimate of drug-likeness (QED) is 0.740. The van der Waals surface area contributed by atoms with Crippen LogP contribution in [-0.4, -0.2) is 17.0 Å². The topological polar surface area (TPSA) is 37.3 Å². The SMILES string of the molecule is C[C@]12CC[C@H]3[C@@H](C[C@H](O)[C@]45C[C@H]4CC[C@]35C)[C@@H]1CCC2=O. The molecule has 0 aromatic rings. The Kier molecular flexibility index (Phi) is 2.23. The van der Waals surface area contributed by atoms with Gasteiger partial charge in [-0.2, -0.15) is 0 Å². The van der Waals surface area contributed by atoms with Gasteiger partial charge in [0.25, 0.3) is 0 Å². The van der Waals surface area contributed by atoms with E-state index >= 15 is 0 Å². The number of carbonyl (C=O) groups is 1. The van der Waals surface area contributed by atoms with Crippen LogP contribution in [0.3, 0.4) is 0 Å². The molecule has 5 aliphatic rings. The standard InChI is InChI=1S/C19H28O2/c1-17-7-6-14-12(13(17)3-4-15(17)20)9-16(21)19-10-11(19)5-8-18(14,19)2/h11-14,16,21H,3-10H2,1-2H3/t11-,12+,13+,14+,16+,17+,18-,19+/m1/s1. The van der Waals surface area contributed by atoms with Gasteiger partial charge in [-0.1, -0.05) is 13.8 Å². The van der Waals surface area contributed by atoms with Crippen LogP contribution in [0.1, 0.15) is 65.2 Å². The predicted octanol–water partition coefficient (Wildman–Crippen LogP) is 3.57. The average Bonchev–Trinajstić information content (AvgIpc) is 3.01. The Labute approximate surface area is 127 Å². The van der Waals surface area contributed by atoms with Crippen molar-refractivity contribution in [2.75, 3.05) is 0 Å². The van der Waals surface area contributed by atoms with Gasteiger partial charge in [-0.3, -0.25) is 4.79 Å². The minimum Gasteiger partial charge on any atom is -0.393 e. The van der Waals surface area contributed by atoms with Gasteiger partial charge >= 0.3 is 0 Å². The van der Waals surface area contributed by atoms with E-state index in [-0.39, 0.29) is 16.9 Å². The Morgan fingerprint density at radius 1 is 1.10 bits per heavy atom. The van der Waals surface area contributed by atoms with Gasteiger partial charge in [-0.15, -0.1) is 0 Å². The van der Waals surface area contributed by atoms with Crippen molar-refractivity contribution < 1.29 is 9.90 Å². The normalized spacial score (nSPS) is 64.5. The van der Waals surface area contributed by atoms with Crippen LogP contribution in [0, 0.1) is 39.9 Å². The Balaban J connectivity index is 1.57. The van der Waals surface area contributed by atoms with Crippen molar-refractivity contribution in [2.45, 2.75) is 71.3 Å². The highest BCUT2D eigenvalue weighted by Gasteiger charge is 2.77. The van der Waals surface area contributed by atoms with Gasteiger partial charge in [-0.25, -0.2) is 0 Å². The van der Waals surface area contributed by atoms with Crippen molar-refractivity contribution in [3.63, 3.8) is 0 Å². The number of carbonyl (C=O) groups excluding carboxylic acids is 1. The zero-order chi connectivity index (χ0) is 14.6. The molecule has 2 nitrogen and oxygen atoms in total. The van der Waals surface area contributed by atoms with Crippen LogP contribution in [0.2, 0.25) is 0 Å². The lowest BCUT2D eigenvalue weighted by Gasteiger charge is -2.59. The third-order valence-corrected chi connectivity index (χ3v) is 9.28. The second-order valence-electron chi connectivity index (χ2n) is 9.44. The van der Waals surface area contributed by atoms with Crippen LogP contribution in [0.15, 0.2) is 0 Å². The molecule has 0 radical (unpaired) electrons. The number of hydrogen-bond donors (Lipinski definition) is 1. The molecule has 5 rings (SSSR count). The maximum atomic E-state index is 12.4. The number of fused-ring (bicyclic) bond motifs is 4. The Bertz CT molecular complexity index is 528. The van der Waals surface area contributed by atoms with E-state index in [1.54, 1.807) is 0 Å². The summed E-state index contributed by atoms with van der Waals surface area (Å²) in [5, 5.41) is 11.0. The summed E-state index contributed by atoms with van der Waals surface area (Å²) < 4.78 is 0. The minimum atomic E-state index is -0.0886. The first kappa shape index (κ1) is 13.1. The summed E-state index contributed by atoms with van der Waals surface area (Å²) in [5.74, 6) is 3.28. The summed E-state index contributed by atoms with van der Waals surface area (Å²) in [7, 11) is 0. The molecule has 0 aromatic carbocycles. The number of hydrogen-bond acceptors (Lipinski definition) is 2. The van der Waals surface area contributed by atoms with Gasteiger partial charge in [0, 0.05) is 17.3 Å². The second-order valence-corrected chi connectivity index (χ2v) is 9.44. The predicted molar refractivity (Wildman–Crippen MR) is 80.6 cm³/mol. The van der Waals surface area contributed by atoms with Crippen LogP contribution in [0.25, 0.3) is 0 Å². The van der Waals surface area contributed by atoms with Crippen LogP contribution in [0.5, 0.6) is 0 Å². The van der Waals surface area contributed by atoms with Crippen LogP contribution >= 0.6 is 0 Å². The molecular formula is C19H28O2.